The molecule has 0 atom stereocenters. The molecule has 0 fully saturated rings. The van der Waals surface area contributed by atoms with E-state index in [4.69, 9.17) is 15.2 Å². The third-order valence-electron chi connectivity index (χ3n) is 3.62. The summed E-state index contributed by atoms with van der Waals surface area (Å²) in [6.07, 6.45) is 0. The Bertz CT molecular complexity index is 790. The van der Waals surface area contributed by atoms with Crippen molar-refractivity contribution in [3.8, 4) is 11.5 Å². The quantitative estimate of drug-likeness (QED) is 0.523. The highest BCUT2D eigenvalue weighted by molar-refractivity contribution is 5.94. The van der Waals surface area contributed by atoms with Gasteiger partial charge in [-0.1, -0.05) is 12.1 Å². The fourth-order valence-electron chi connectivity index (χ4n) is 2.35. The van der Waals surface area contributed by atoms with E-state index in [1.807, 2.05) is 31.2 Å². The number of methoxy groups -OCH3 is 2. The van der Waals surface area contributed by atoms with Crippen LogP contribution in [0, 0.1) is 0 Å². The molecule has 0 saturated carbocycles. The Morgan fingerprint density at radius 2 is 1.88 bits per heavy atom. The Balaban J connectivity index is 2.16. The number of carbonyl (C=O) groups is 1. The maximum absolute atomic E-state index is 11.3. The van der Waals surface area contributed by atoms with E-state index >= 15 is 0 Å². The minimum absolute atomic E-state index is 0.406. The van der Waals surface area contributed by atoms with Crippen LogP contribution >= 0.6 is 0 Å². The summed E-state index contributed by atoms with van der Waals surface area (Å²) in [7, 11) is 3.18. The van der Waals surface area contributed by atoms with E-state index in [-0.39, 0.29) is 0 Å². The Hall–Kier alpha value is -3.22. The molecule has 0 aliphatic carbocycles. The second-order valence-corrected chi connectivity index (χ2v) is 5.45. The highest BCUT2D eigenvalue weighted by atomic mass is 16.5. The lowest BCUT2D eigenvalue weighted by Gasteiger charge is -2.14. The minimum Gasteiger partial charge on any atom is -0.493 e. The van der Waals surface area contributed by atoms with E-state index in [9.17, 15) is 4.79 Å². The minimum atomic E-state index is -0.453. The summed E-state index contributed by atoms with van der Waals surface area (Å²) in [5.41, 5.74) is 7.49. The molecule has 2 aromatic carbocycles. The van der Waals surface area contributed by atoms with Crippen LogP contribution in [0.1, 0.15) is 22.8 Å². The summed E-state index contributed by atoms with van der Waals surface area (Å²) >= 11 is 0. The molecule has 0 radical (unpaired) electrons. The first kappa shape index (κ1) is 19.1. The molecule has 0 aliphatic heterocycles. The van der Waals surface area contributed by atoms with Crippen molar-refractivity contribution in [3.05, 3.63) is 53.6 Å². The molecule has 0 spiro atoms. The number of hydrogen-bond acceptors (Lipinski definition) is 4. The van der Waals surface area contributed by atoms with Gasteiger partial charge in [-0.05, 0) is 36.8 Å². The van der Waals surface area contributed by atoms with E-state index in [1.165, 1.54) is 0 Å². The van der Waals surface area contributed by atoms with Gasteiger partial charge in [0, 0.05) is 23.9 Å². The normalized spacial score (nSPS) is 11.0. The van der Waals surface area contributed by atoms with E-state index in [0.717, 1.165) is 11.3 Å². The molecule has 26 heavy (non-hydrogen) atoms. The lowest BCUT2D eigenvalue weighted by Crippen LogP contribution is -2.30. The van der Waals surface area contributed by atoms with Gasteiger partial charge in [-0.25, -0.2) is 4.99 Å². The van der Waals surface area contributed by atoms with Crippen molar-refractivity contribution in [2.45, 2.75) is 13.5 Å². The van der Waals surface area contributed by atoms with Crippen molar-refractivity contribution >= 4 is 17.6 Å². The van der Waals surface area contributed by atoms with E-state index in [1.54, 1.807) is 32.4 Å². The molecule has 0 aliphatic rings. The molecular weight excluding hydrogens is 332 g/mol. The summed E-state index contributed by atoms with van der Waals surface area (Å²) in [4.78, 5) is 15.8. The molecule has 138 valence electrons. The topological polar surface area (TPSA) is 98.0 Å². The van der Waals surface area contributed by atoms with Crippen molar-refractivity contribution in [1.29, 1.82) is 0 Å². The Kier molecular flexibility index (Phi) is 6.84. The number of primary amides is 1. The second kappa shape index (κ2) is 9.31. The van der Waals surface area contributed by atoms with E-state index in [0.29, 0.717) is 36.1 Å². The molecule has 0 bridgehead atoms. The van der Waals surface area contributed by atoms with Crippen molar-refractivity contribution < 1.29 is 14.3 Å². The highest BCUT2D eigenvalue weighted by Crippen LogP contribution is 2.29. The van der Waals surface area contributed by atoms with Gasteiger partial charge in [-0.15, -0.1) is 0 Å². The highest BCUT2D eigenvalue weighted by Gasteiger charge is 2.07. The summed E-state index contributed by atoms with van der Waals surface area (Å²) in [6, 6.07) is 12.6. The van der Waals surface area contributed by atoms with Crippen LogP contribution in [0.25, 0.3) is 0 Å². The number of aliphatic imine (C=N–C) groups is 1. The second-order valence-electron chi connectivity index (χ2n) is 5.45. The van der Waals surface area contributed by atoms with Gasteiger partial charge in [0.1, 0.15) is 0 Å². The summed E-state index contributed by atoms with van der Waals surface area (Å²) in [6.45, 7) is 3.10. The largest absolute Gasteiger partial charge is 0.493 e. The predicted molar refractivity (Wildman–Crippen MR) is 103 cm³/mol. The molecule has 1 amide bonds. The van der Waals surface area contributed by atoms with Gasteiger partial charge in [0.15, 0.2) is 17.5 Å². The molecule has 0 heterocycles. The van der Waals surface area contributed by atoms with E-state index in [2.05, 4.69) is 15.6 Å². The fraction of sp³-hybridized carbons (Fsp3) is 0.263. The zero-order valence-corrected chi connectivity index (χ0v) is 15.2. The smallest absolute Gasteiger partial charge is 0.248 e. The first-order chi connectivity index (χ1) is 12.6. The number of benzene rings is 2. The molecule has 0 saturated heterocycles. The first-order valence-electron chi connectivity index (χ1n) is 8.23. The van der Waals surface area contributed by atoms with Gasteiger partial charge in [-0.2, -0.15) is 0 Å². The van der Waals surface area contributed by atoms with Gasteiger partial charge in [-0.3, -0.25) is 4.79 Å². The number of ether oxygens (including phenoxy) is 2. The number of nitrogens with zero attached hydrogens (tertiary/aromatic N) is 1. The number of carbonyl (C=O) groups excluding carboxylic acids is 1. The van der Waals surface area contributed by atoms with Crippen molar-refractivity contribution in [3.63, 3.8) is 0 Å². The average Bonchev–Trinajstić information content (AvgIpc) is 2.66. The molecule has 0 aromatic heterocycles. The van der Waals surface area contributed by atoms with Crippen LogP contribution in [0.5, 0.6) is 11.5 Å². The lowest BCUT2D eigenvalue weighted by molar-refractivity contribution is 0.1000. The van der Waals surface area contributed by atoms with Crippen LogP contribution in [0.4, 0.5) is 5.69 Å². The average molecular weight is 356 g/mol. The van der Waals surface area contributed by atoms with Gasteiger partial charge < -0.3 is 25.8 Å². The molecule has 2 aromatic rings. The van der Waals surface area contributed by atoms with Crippen LogP contribution in [0.15, 0.2) is 47.5 Å². The number of guanidine groups is 1. The zero-order chi connectivity index (χ0) is 18.9. The molecule has 7 nitrogen and oxygen atoms in total. The van der Waals surface area contributed by atoms with Crippen molar-refractivity contribution in [2.75, 3.05) is 26.1 Å². The standard InChI is InChI=1S/C19H24N4O3/c1-4-21-19(22-12-13-6-5-7-14(10-13)18(20)24)23-15-8-9-16(25-2)17(11-15)26-3/h5-11H,4,12H2,1-3H3,(H2,20,24)(H2,21,22,23). The Morgan fingerprint density at radius 1 is 1.12 bits per heavy atom. The Morgan fingerprint density at radius 3 is 2.54 bits per heavy atom. The van der Waals surface area contributed by atoms with Crippen LogP contribution in [0.2, 0.25) is 0 Å². The maximum atomic E-state index is 11.3. The lowest BCUT2D eigenvalue weighted by atomic mass is 10.1. The number of rotatable bonds is 7. The van der Waals surface area contributed by atoms with Crippen LogP contribution in [-0.4, -0.2) is 32.6 Å². The predicted octanol–water partition coefficient (Wildman–Crippen LogP) is 2.38. The van der Waals surface area contributed by atoms with Crippen molar-refractivity contribution in [2.24, 2.45) is 10.7 Å². The van der Waals surface area contributed by atoms with Crippen LogP contribution < -0.4 is 25.8 Å². The van der Waals surface area contributed by atoms with Crippen LogP contribution in [0.3, 0.4) is 0 Å². The number of anilines is 1. The zero-order valence-electron chi connectivity index (χ0n) is 15.2. The molecule has 0 unspecified atom stereocenters. The Labute approximate surface area is 153 Å². The first-order valence-corrected chi connectivity index (χ1v) is 8.23. The summed E-state index contributed by atoms with van der Waals surface area (Å²) in [5, 5.41) is 6.41. The molecular formula is C19H24N4O3. The van der Waals surface area contributed by atoms with Gasteiger partial charge in [0.2, 0.25) is 5.91 Å². The van der Waals surface area contributed by atoms with Gasteiger partial charge in [0.25, 0.3) is 0 Å². The monoisotopic (exact) mass is 356 g/mol. The summed E-state index contributed by atoms with van der Waals surface area (Å²) in [5.74, 6) is 1.45. The number of hydrogen-bond donors (Lipinski definition) is 3. The van der Waals surface area contributed by atoms with Crippen molar-refractivity contribution in [1.82, 2.24) is 5.32 Å². The third kappa shape index (κ3) is 5.14. The molecule has 2 rings (SSSR count). The molecule has 4 N–H and O–H groups in total. The SMILES string of the molecule is CCNC(=NCc1cccc(C(N)=O)c1)Nc1ccc(OC)c(OC)c1. The number of nitrogens with one attached hydrogen (secondary N) is 2. The summed E-state index contributed by atoms with van der Waals surface area (Å²) < 4.78 is 10.6. The molecule has 7 heteroatoms. The number of amides is 1. The fourth-order valence-corrected chi connectivity index (χ4v) is 2.35. The maximum Gasteiger partial charge on any atom is 0.248 e. The van der Waals surface area contributed by atoms with Gasteiger partial charge >= 0.3 is 0 Å². The van der Waals surface area contributed by atoms with E-state index < -0.39 is 5.91 Å². The van der Waals surface area contributed by atoms with Crippen LogP contribution in [-0.2, 0) is 6.54 Å². The van der Waals surface area contributed by atoms with Gasteiger partial charge in [0.05, 0.1) is 20.8 Å². The third-order valence-corrected chi connectivity index (χ3v) is 3.62. The number of nitrogens with two attached hydrogens (primary N) is 1.